The molecule has 0 saturated carbocycles. The zero-order chi connectivity index (χ0) is 66.3. The summed E-state index contributed by atoms with van der Waals surface area (Å²) in [7, 11) is -9.90. The van der Waals surface area contributed by atoms with Crippen molar-refractivity contribution in [3.63, 3.8) is 0 Å². The number of hydrogen-bond acceptors (Lipinski definition) is 15. The number of hydrogen-bond donors (Lipinski definition) is 3. The maximum atomic E-state index is 13.0. The Hall–Kier alpha value is -1.94. The summed E-state index contributed by atoms with van der Waals surface area (Å²) < 4.78 is 68.4. The monoisotopic (exact) mass is 1320 g/mol. The molecule has 0 radical (unpaired) electrons. The van der Waals surface area contributed by atoms with Crippen LogP contribution in [0.4, 0.5) is 0 Å². The molecule has 19 heteroatoms. The second-order valence-electron chi connectivity index (χ2n) is 25.9. The van der Waals surface area contributed by atoms with Crippen LogP contribution in [0.25, 0.3) is 0 Å². The highest BCUT2D eigenvalue weighted by atomic mass is 31.2. The highest BCUT2D eigenvalue weighted by Gasteiger charge is 2.30. The molecule has 6 atom stereocenters. The van der Waals surface area contributed by atoms with Gasteiger partial charge in [-0.3, -0.25) is 37.3 Å². The molecule has 0 fully saturated rings. The fourth-order valence-corrected chi connectivity index (χ4v) is 12.4. The highest BCUT2D eigenvalue weighted by molar-refractivity contribution is 7.47. The molecule has 3 unspecified atom stereocenters. The fraction of sp³-hybridized carbons (Fsp3) is 0.944. The van der Waals surface area contributed by atoms with Gasteiger partial charge >= 0.3 is 39.5 Å². The van der Waals surface area contributed by atoms with Gasteiger partial charge in [-0.05, 0) is 31.6 Å². The number of carbonyl (C=O) groups excluding carboxylic acids is 4. The molecular weight excluding hydrogens is 1190 g/mol. The van der Waals surface area contributed by atoms with Gasteiger partial charge in [0.05, 0.1) is 26.4 Å². The van der Waals surface area contributed by atoms with Crippen molar-refractivity contribution in [2.45, 2.75) is 387 Å². The molecule has 0 aromatic heterocycles. The first kappa shape index (κ1) is 88.1. The summed E-state index contributed by atoms with van der Waals surface area (Å²) in [6.07, 6.45) is 51.0. The lowest BCUT2D eigenvalue weighted by Gasteiger charge is -2.21. The molecule has 0 aliphatic carbocycles. The normalized spacial score (nSPS) is 14.4. The van der Waals surface area contributed by atoms with Crippen molar-refractivity contribution in [3.05, 3.63) is 0 Å². The van der Waals surface area contributed by atoms with Crippen molar-refractivity contribution >= 4 is 39.5 Å². The van der Waals surface area contributed by atoms with E-state index in [1.807, 2.05) is 0 Å². The Bertz CT molecular complexity index is 1740. The molecule has 3 N–H and O–H groups in total. The predicted octanol–water partition coefficient (Wildman–Crippen LogP) is 20.5. The molecule has 0 aromatic carbocycles. The van der Waals surface area contributed by atoms with Gasteiger partial charge in [0.1, 0.15) is 19.3 Å². The Morgan fingerprint density at radius 1 is 0.311 bits per heavy atom. The quantitative estimate of drug-likeness (QED) is 0.0222. The van der Waals surface area contributed by atoms with E-state index in [0.717, 1.165) is 95.8 Å². The average molecular weight is 1330 g/mol. The Morgan fingerprint density at radius 2 is 0.533 bits per heavy atom. The van der Waals surface area contributed by atoms with Gasteiger partial charge in [0.2, 0.25) is 0 Å². The summed E-state index contributed by atoms with van der Waals surface area (Å²) in [5.41, 5.74) is 0. The predicted molar refractivity (Wildman–Crippen MR) is 363 cm³/mol. The average Bonchev–Trinajstić information content (AvgIpc) is 3.32. The molecule has 534 valence electrons. The van der Waals surface area contributed by atoms with E-state index in [9.17, 15) is 43.2 Å². The van der Waals surface area contributed by atoms with Crippen LogP contribution in [0.5, 0.6) is 0 Å². The van der Waals surface area contributed by atoms with Crippen molar-refractivity contribution in [2.75, 3.05) is 39.6 Å². The van der Waals surface area contributed by atoms with Crippen LogP contribution in [0.1, 0.15) is 369 Å². The van der Waals surface area contributed by atoms with E-state index in [-0.39, 0.29) is 25.7 Å². The smallest absolute Gasteiger partial charge is 0.462 e. The molecule has 0 rings (SSSR count). The number of rotatable bonds is 71. The first-order valence-corrected chi connectivity index (χ1v) is 40.2. The largest absolute Gasteiger partial charge is 0.472 e. The summed E-state index contributed by atoms with van der Waals surface area (Å²) in [4.78, 5) is 72.6. The van der Waals surface area contributed by atoms with Crippen LogP contribution < -0.4 is 0 Å². The van der Waals surface area contributed by atoms with Crippen LogP contribution in [-0.4, -0.2) is 96.7 Å². The van der Waals surface area contributed by atoms with Crippen molar-refractivity contribution in [1.82, 2.24) is 0 Å². The number of ether oxygens (including phenoxy) is 4. The van der Waals surface area contributed by atoms with Crippen LogP contribution in [-0.2, 0) is 65.4 Å². The Balaban J connectivity index is 5.26. The van der Waals surface area contributed by atoms with Crippen molar-refractivity contribution < 1.29 is 80.2 Å². The van der Waals surface area contributed by atoms with Crippen LogP contribution >= 0.6 is 15.6 Å². The zero-order valence-corrected chi connectivity index (χ0v) is 60.1. The maximum Gasteiger partial charge on any atom is 0.472 e. The van der Waals surface area contributed by atoms with Gasteiger partial charge in [-0.2, -0.15) is 0 Å². The summed E-state index contributed by atoms with van der Waals surface area (Å²) in [5, 5.41) is 10.6. The Labute approximate surface area is 549 Å². The number of phosphoric acid groups is 2. The van der Waals surface area contributed by atoms with E-state index in [2.05, 4.69) is 34.6 Å². The number of carbonyl (C=O) groups is 4. The molecule has 0 heterocycles. The van der Waals surface area contributed by atoms with E-state index < -0.39 is 97.5 Å². The van der Waals surface area contributed by atoms with E-state index in [1.54, 1.807) is 0 Å². The molecule has 0 bridgehead atoms. The minimum Gasteiger partial charge on any atom is -0.462 e. The van der Waals surface area contributed by atoms with E-state index in [1.165, 1.54) is 193 Å². The molecule has 0 amide bonds. The third-order valence-corrected chi connectivity index (χ3v) is 18.8. The van der Waals surface area contributed by atoms with E-state index in [4.69, 9.17) is 37.0 Å². The third kappa shape index (κ3) is 63.5. The fourth-order valence-electron chi connectivity index (χ4n) is 10.8. The van der Waals surface area contributed by atoms with Crippen LogP contribution in [0, 0.1) is 5.92 Å². The first-order valence-electron chi connectivity index (χ1n) is 37.2. The molecule has 0 spiro atoms. The van der Waals surface area contributed by atoms with Crippen molar-refractivity contribution in [2.24, 2.45) is 5.92 Å². The topological polar surface area (TPSA) is 237 Å². The van der Waals surface area contributed by atoms with Gasteiger partial charge < -0.3 is 33.8 Å². The molecule has 0 aliphatic heterocycles. The standard InChI is InChI=1S/C71H138O17P2/c1-6-10-13-16-19-22-25-28-29-32-35-42-47-52-57-71(76)88-67(61-82-69(74)55-50-45-40-37-36-38-43-48-53-64(5)9-4)63-86-90(79,80)84-59-65(72)58-83-89(77,78)85-62-66(87-70(75)56-51-46-41-34-31-27-24-21-18-15-12-8-3)60-81-68(73)54-49-44-39-33-30-26-23-20-17-14-11-7-2/h64-67,72H,6-63H2,1-5H3,(H,77,78)(H,79,80)/t64?,65-,66+,67+/m0/s1. The SMILES string of the molecule is CCCCCCCCCCCCCCCCC(=O)O[C@H](COC(=O)CCCCCCCCCCC(C)CC)COP(=O)(O)OC[C@@H](O)COP(=O)(O)OC[C@@H](COC(=O)CCCCCCCCCCCCCC)OC(=O)CCCCCCCCCCCCCC. The molecule has 17 nitrogen and oxygen atoms in total. The minimum absolute atomic E-state index is 0.108. The second-order valence-corrected chi connectivity index (χ2v) is 28.8. The van der Waals surface area contributed by atoms with Gasteiger partial charge in [-0.25, -0.2) is 9.13 Å². The second kappa shape index (κ2) is 64.4. The van der Waals surface area contributed by atoms with Gasteiger partial charge in [0.15, 0.2) is 12.2 Å². The lowest BCUT2D eigenvalue weighted by Crippen LogP contribution is -2.30. The zero-order valence-electron chi connectivity index (χ0n) is 58.3. The van der Waals surface area contributed by atoms with Crippen LogP contribution in [0.3, 0.4) is 0 Å². The molecule has 0 aromatic rings. The summed E-state index contributed by atoms with van der Waals surface area (Å²) >= 11 is 0. The maximum absolute atomic E-state index is 13.0. The van der Waals surface area contributed by atoms with E-state index in [0.29, 0.717) is 25.7 Å². The van der Waals surface area contributed by atoms with E-state index >= 15 is 0 Å². The van der Waals surface area contributed by atoms with Gasteiger partial charge in [-0.15, -0.1) is 0 Å². The number of aliphatic hydroxyl groups excluding tert-OH is 1. The summed E-state index contributed by atoms with van der Waals surface area (Å²) in [6.45, 7) is 7.26. The van der Waals surface area contributed by atoms with Gasteiger partial charge in [0, 0.05) is 25.7 Å². The third-order valence-electron chi connectivity index (χ3n) is 16.9. The Morgan fingerprint density at radius 3 is 0.789 bits per heavy atom. The summed E-state index contributed by atoms with van der Waals surface area (Å²) in [6, 6.07) is 0. The number of unbranched alkanes of at least 4 members (excludes halogenated alkanes) is 42. The molecular formula is C71H138O17P2. The highest BCUT2D eigenvalue weighted by Crippen LogP contribution is 2.45. The van der Waals surface area contributed by atoms with Gasteiger partial charge in [-0.1, -0.05) is 317 Å². The summed E-state index contributed by atoms with van der Waals surface area (Å²) in [5.74, 6) is -1.34. The van der Waals surface area contributed by atoms with Crippen molar-refractivity contribution in [3.8, 4) is 0 Å². The number of aliphatic hydroxyl groups is 1. The lowest BCUT2D eigenvalue weighted by atomic mass is 9.99. The first-order chi connectivity index (χ1) is 43.6. The Kier molecular flexibility index (Phi) is 63.0. The van der Waals surface area contributed by atoms with Crippen LogP contribution in [0.2, 0.25) is 0 Å². The number of esters is 4. The molecule has 0 aliphatic rings. The number of phosphoric ester groups is 2. The van der Waals surface area contributed by atoms with Crippen molar-refractivity contribution in [1.29, 1.82) is 0 Å². The van der Waals surface area contributed by atoms with Crippen LogP contribution in [0.15, 0.2) is 0 Å². The van der Waals surface area contributed by atoms with Gasteiger partial charge in [0.25, 0.3) is 0 Å². The lowest BCUT2D eigenvalue weighted by molar-refractivity contribution is -0.161. The molecule has 0 saturated heterocycles. The minimum atomic E-state index is -4.95. The molecule has 90 heavy (non-hydrogen) atoms.